The van der Waals surface area contributed by atoms with E-state index in [9.17, 15) is 4.79 Å². The fourth-order valence-corrected chi connectivity index (χ4v) is 4.72. The zero-order valence-corrected chi connectivity index (χ0v) is 22.5. The molecule has 0 atom stereocenters. The number of nitrogens with zero attached hydrogens (tertiary/aromatic N) is 7. The van der Waals surface area contributed by atoms with Crippen molar-refractivity contribution >= 4 is 29.8 Å². The van der Waals surface area contributed by atoms with E-state index >= 15 is 0 Å². The van der Waals surface area contributed by atoms with E-state index in [4.69, 9.17) is 27.4 Å². The van der Waals surface area contributed by atoms with Gasteiger partial charge in [0.15, 0.2) is 0 Å². The highest BCUT2D eigenvalue weighted by Crippen LogP contribution is 2.27. The number of rotatable bonds is 10. The minimum Gasteiger partial charge on any atom is -0.397 e. The molecule has 202 valence electrons. The lowest BCUT2D eigenvalue weighted by atomic mass is 10.1. The van der Waals surface area contributed by atoms with Crippen molar-refractivity contribution in [2.75, 3.05) is 57.1 Å². The van der Waals surface area contributed by atoms with Crippen molar-refractivity contribution in [1.82, 2.24) is 24.8 Å². The van der Waals surface area contributed by atoms with Crippen molar-refractivity contribution in [2.45, 2.75) is 13.0 Å². The fourth-order valence-electron chi connectivity index (χ4n) is 4.55. The lowest BCUT2D eigenvalue weighted by molar-refractivity contribution is 0.168. The van der Waals surface area contributed by atoms with E-state index in [1.54, 1.807) is 25.3 Å². The summed E-state index contributed by atoms with van der Waals surface area (Å²) in [5.74, 6) is 0.506. The first-order valence-corrected chi connectivity index (χ1v) is 13.1. The molecule has 2 N–H and O–H groups in total. The summed E-state index contributed by atoms with van der Waals surface area (Å²) in [4.78, 5) is 21.8. The largest absolute Gasteiger partial charge is 0.397 e. The van der Waals surface area contributed by atoms with Gasteiger partial charge in [0.1, 0.15) is 0 Å². The van der Waals surface area contributed by atoms with Crippen molar-refractivity contribution in [3.63, 3.8) is 0 Å². The third kappa shape index (κ3) is 6.36. The second kappa shape index (κ2) is 12.2. The molecule has 1 saturated heterocycles. The van der Waals surface area contributed by atoms with Crippen molar-refractivity contribution in [3.8, 4) is 22.6 Å². The quantitative estimate of drug-likeness (QED) is 0.234. The van der Waals surface area contributed by atoms with Gasteiger partial charge in [-0.05, 0) is 36.2 Å². The van der Waals surface area contributed by atoms with Crippen LogP contribution in [-0.4, -0.2) is 71.3 Å². The van der Waals surface area contributed by atoms with Gasteiger partial charge in [-0.25, -0.2) is 4.68 Å². The van der Waals surface area contributed by atoms with Crippen molar-refractivity contribution < 1.29 is 9.26 Å². The van der Waals surface area contributed by atoms with Gasteiger partial charge in [-0.2, -0.15) is 14.4 Å². The topological polar surface area (TPSA) is 128 Å². The average Bonchev–Trinajstić information content (AvgIpc) is 3.45. The van der Waals surface area contributed by atoms with Crippen LogP contribution in [0.4, 0.5) is 17.4 Å². The molecule has 0 saturated carbocycles. The number of hydrogen-bond donors (Lipinski definition) is 1. The van der Waals surface area contributed by atoms with E-state index in [2.05, 4.69) is 29.4 Å². The molecule has 5 rings (SSSR count). The van der Waals surface area contributed by atoms with Gasteiger partial charge in [0, 0.05) is 76.1 Å². The number of anilines is 2. The van der Waals surface area contributed by atoms with E-state index < -0.39 is 0 Å². The maximum atomic E-state index is 12.6. The average molecular weight is 547 g/mol. The molecular weight excluding hydrogens is 516 g/mol. The van der Waals surface area contributed by atoms with Crippen LogP contribution < -0.4 is 16.2 Å². The maximum Gasteiger partial charge on any atom is 0.324 e. The number of benzene rings is 2. The van der Waals surface area contributed by atoms with E-state index in [1.165, 1.54) is 10.7 Å². The van der Waals surface area contributed by atoms with E-state index in [1.807, 2.05) is 30.3 Å². The number of piperazine rings is 1. The predicted molar refractivity (Wildman–Crippen MR) is 152 cm³/mol. The van der Waals surface area contributed by atoms with Crippen LogP contribution in [0.2, 0.25) is 0 Å². The molecule has 0 spiro atoms. The van der Waals surface area contributed by atoms with Crippen LogP contribution in [0.1, 0.15) is 12.0 Å². The molecule has 2 aromatic heterocycles. The summed E-state index contributed by atoms with van der Waals surface area (Å²) in [7, 11) is 1.73. The van der Waals surface area contributed by atoms with Gasteiger partial charge in [-0.15, -0.1) is 0 Å². The van der Waals surface area contributed by atoms with Crippen molar-refractivity contribution in [2.24, 2.45) is 4.36 Å². The van der Waals surface area contributed by atoms with Gasteiger partial charge in [0.25, 0.3) is 5.56 Å². The zero-order chi connectivity index (χ0) is 27.2. The molecule has 4 aromatic rings. The molecule has 0 bridgehead atoms. The standard InChI is InChI=1S/C27H30N8O3S/c1-37-15-3-10-33-11-13-34(14-12-33)27-29-26(31-38-27)21-5-2-4-19(16-21)18-35-25(36)9-8-23(30-35)20-6-7-24(32-39)22(28)17-20/h2,4-9,16-17H,3,10-15,18,28H2,1H3. The van der Waals surface area contributed by atoms with Crippen molar-refractivity contribution in [1.29, 1.82) is 0 Å². The third-order valence-corrected chi connectivity index (χ3v) is 6.88. The first-order chi connectivity index (χ1) is 19.0. The van der Waals surface area contributed by atoms with Crippen LogP contribution >= 0.6 is 0 Å². The minimum atomic E-state index is -0.211. The van der Waals surface area contributed by atoms with Gasteiger partial charge in [-0.3, -0.25) is 9.69 Å². The van der Waals surface area contributed by atoms with Crippen LogP contribution in [0.5, 0.6) is 0 Å². The summed E-state index contributed by atoms with van der Waals surface area (Å²) in [5.41, 5.74) is 9.88. The Labute approximate surface area is 231 Å². The van der Waals surface area contributed by atoms with Gasteiger partial charge >= 0.3 is 6.01 Å². The first kappa shape index (κ1) is 26.6. The van der Waals surface area contributed by atoms with Crippen LogP contribution in [0.3, 0.4) is 0 Å². The maximum absolute atomic E-state index is 12.6. The fraction of sp³-hybridized carbons (Fsp3) is 0.333. The molecular formula is C27H30N8O3S. The SMILES string of the molecule is COCCCN1CCN(c2nc(-c3cccc(Cn4nc(-c5ccc(N=S)c(N)c5)ccc4=O)c3)no2)CC1. The summed E-state index contributed by atoms with van der Waals surface area (Å²) in [6.45, 7) is 5.63. The number of aromatic nitrogens is 4. The minimum absolute atomic E-state index is 0.211. The molecule has 11 nitrogen and oxygen atoms in total. The highest BCUT2D eigenvalue weighted by Gasteiger charge is 2.21. The molecule has 3 heterocycles. The Morgan fingerprint density at radius 2 is 1.92 bits per heavy atom. The Morgan fingerprint density at radius 1 is 1.08 bits per heavy atom. The van der Waals surface area contributed by atoms with Gasteiger partial charge in [0.05, 0.1) is 23.6 Å². The third-order valence-electron chi connectivity index (χ3n) is 6.69. The number of nitrogen functional groups attached to an aromatic ring is 1. The Bertz CT molecular complexity index is 1500. The van der Waals surface area contributed by atoms with E-state index in [0.29, 0.717) is 28.9 Å². The molecule has 0 radical (unpaired) electrons. The lowest BCUT2D eigenvalue weighted by Crippen LogP contribution is -2.46. The summed E-state index contributed by atoms with van der Waals surface area (Å²) in [5, 5.41) is 8.77. The Hall–Kier alpha value is -4.00. The highest BCUT2D eigenvalue weighted by molar-refractivity contribution is 7.47. The Morgan fingerprint density at radius 3 is 2.69 bits per heavy atom. The van der Waals surface area contributed by atoms with Gasteiger partial charge in [-0.1, -0.05) is 29.4 Å². The lowest BCUT2D eigenvalue weighted by Gasteiger charge is -2.33. The number of nitrogens with two attached hydrogens (primary N) is 1. The monoisotopic (exact) mass is 546 g/mol. The summed E-state index contributed by atoms with van der Waals surface area (Å²) < 4.78 is 15.9. The van der Waals surface area contributed by atoms with Gasteiger partial charge in [0.2, 0.25) is 5.82 Å². The molecule has 1 fully saturated rings. The van der Waals surface area contributed by atoms with Gasteiger partial charge < -0.3 is 19.9 Å². The molecule has 0 amide bonds. The molecule has 1 aliphatic rings. The molecule has 0 aliphatic carbocycles. The Balaban J connectivity index is 1.28. The van der Waals surface area contributed by atoms with E-state index in [-0.39, 0.29) is 12.1 Å². The van der Waals surface area contributed by atoms with Crippen LogP contribution in [0.15, 0.2) is 68.3 Å². The molecule has 12 heteroatoms. The zero-order valence-electron chi connectivity index (χ0n) is 21.7. The molecule has 39 heavy (non-hydrogen) atoms. The molecule has 2 aromatic carbocycles. The number of ether oxygens (including phenoxy) is 1. The molecule has 0 unspecified atom stereocenters. The second-order valence-corrected chi connectivity index (χ2v) is 9.54. The van der Waals surface area contributed by atoms with E-state index in [0.717, 1.165) is 62.4 Å². The van der Waals surface area contributed by atoms with Crippen molar-refractivity contribution in [3.05, 3.63) is 70.5 Å². The highest BCUT2D eigenvalue weighted by atomic mass is 32.1. The van der Waals surface area contributed by atoms with Crippen LogP contribution in [-0.2, 0) is 23.7 Å². The normalized spacial score (nSPS) is 14.0. The van der Waals surface area contributed by atoms with Crippen LogP contribution in [0, 0.1) is 0 Å². The number of hydrogen-bond acceptors (Lipinski definition) is 11. The predicted octanol–water partition coefficient (Wildman–Crippen LogP) is 3.11. The summed E-state index contributed by atoms with van der Waals surface area (Å²) >= 11 is 4.74. The second-order valence-electron chi connectivity index (χ2n) is 9.36. The summed E-state index contributed by atoms with van der Waals surface area (Å²) in [6.07, 6.45) is 1.03. The first-order valence-electron chi connectivity index (χ1n) is 12.7. The van der Waals surface area contributed by atoms with Crippen LogP contribution in [0.25, 0.3) is 22.6 Å². The summed E-state index contributed by atoms with van der Waals surface area (Å²) in [6, 6.07) is 16.7. The number of methoxy groups -OCH3 is 1. The smallest absolute Gasteiger partial charge is 0.324 e. The Kier molecular flexibility index (Phi) is 8.35. The molecule has 1 aliphatic heterocycles.